The third kappa shape index (κ3) is 4.74. The zero-order valence-electron chi connectivity index (χ0n) is 29.5. The number of benzene rings is 8. The molecule has 0 radical (unpaired) electrons. The average molecular weight is 693 g/mol. The number of rotatable bonds is 6. The molecule has 2 atom stereocenters. The van der Waals surface area contributed by atoms with E-state index in [-0.39, 0.29) is 12.3 Å². The van der Waals surface area contributed by atoms with Gasteiger partial charge in [-0.15, -0.1) is 0 Å². The molecule has 0 amide bonds. The summed E-state index contributed by atoms with van der Waals surface area (Å²) < 4.78 is 4.87. The summed E-state index contributed by atoms with van der Waals surface area (Å²) in [6.45, 7) is 0. The lowest BCUT2D eigenvalue weighted by Gasteiger charge is -2.52. The van der Waals surface area contributed by atoms with Gasteiger partial charge in [-0.05, 0) is 71.3 Å². The molecule has 11 rings (SSSR count). The molecule has 4 nitrogen and oxygen atoms in total. The summed E-state index contributed by atoms with van der Waals surface area (Å²) in [6, 6.07) is 72.6. The molecule has 2 unspecified atom stereocenters. The molecular weight excluding hydrogens is 657 g/mol. The van der Waals surface area contributed by atoms with E-state index in [9.17, 15) is 0 Å². The number of fused-ring (bicyclic) bond motifs is 6. The number of hydrogen-bond donors (Lipinski definition) is 1. The van der Waals surface area contributed by atoms with Gasteiger partial charge in [-0.2, -0.15) is 0 Å². The SMILES string of the molecule is c1ccc(-c2ccc(N3C(c4ccccc4)NC3c3ccccc3-n3c4ccccc4c4cc(-n5c6ccccc6c6ccccc65)ccc43)cc2)cc1. The molecule has 0 aliphatic carbocycles. The van der Waals surface area contributed by atoms with Gasteiger partial charge in [0.25, 0.3) is 0 Å². The highest BCUT2D eigenvalue weighted by molar-refractivity contribution is 6.12. The molecule has 0 bridgehead atoms. The van der Waals surface area contributed by atoms with E-state index >= 15 is 0 Å². The fourth-order valence-corrected chi connectivity index (χ4v) is 8.75. The van der Waals surface area contributed by atoms with E-state index in [1.807, 2.05) is 0 Å². The molecule has 256 valence electrons. The van der Waals surface area contributed by atoms with Crippen molar-refractivity contribution < 1.29 is 0 Å². The van der Waals surface area contributed by atoms with Crippen molar-refractivity contribution in [1.29, 1.82) is 0 Å². The largest absolute Gasteiger partial charge is 0.332 e. The van der Waals surface area contributed by atoms with Crippen molar-refractivity contribution >= 4 is 49.3 Å². The molecule has 10 aromatic rings. The van der Waals surface area contributed by atoms with Gasteiger partial charge in [0.1, 0.15) is 12.3 Å². The van der Waals surface area contributed by atoms with Gasteiger partial charge in [0, 0.05) is 38.5 Å². The minimum Gasteiger partial charge on any atom is -0.332 e. The summed E-state index contributed by atoms with van der Waals surface area (Å²) in [5.41, 5.74) is 13.2. The van der Waals surface area contributed by atoms with Crippen LogP contribution in [0.15, 0.2) is 200 Å². The van der Waals surface area contributed by atoms with Crippen molar-refractivity contribution in [2.45, 2.75) is 12.3 Å². The topological polar surface area (TPSA) is 25.1 Å². The smallest absolute Gasteiger partial charge is 0.111 e. The van der Waals surface area contributed by atoms with Crippen LogP contribution in [0.4, 0.5) is 5.69 Å². The van der Waals surface area contributed by atoms with Gasteiger partial charge in [0.05, 0.1) is 27.8 Å². The van der Waals surface area contributed by atoms with E-state index in [4.69, 9.17) is 0 Å². The third-order valence-electron chi connectivity index (χ3n) is 11.2. The molecule has 4 heteroatoms. The fraction of sp³-hybridized carbons (Fsp3) is 0.0400. The summed E-state index contributed by atoms with van der Waals surface area (Å²) in [7, 11) is 0. The van der Waals surface area contributed by atoms with Crippen LogP contribution in [0.3, 0.4) is 0 Å². The second kappa shape index (κ2) is 12.4. The number of anilines is 1. The van der Waals surface area contributed by atoms with Crippen LogP contribution in [0, 0.1) is 0 Å². The maximum Gasteiger partial charge on any atom is 0.111 e. The maximum atomic E-state index is 3.98. The molecule has 1 aliphatic heterocycles. The second-order valence-corrected chi connectivity index (χ2v) is 14.2. The Bertz CT molecular complexity index is 2920. The minimum atomic E-state index is -0.0397. The first-order chi connectivity index (χ1) is 26.8. The van der Waals surface area contributed by atoms with Crippen LogP contribution in [0.1, 0.15) is 23.5 Å². The summed E-state index contributed by atoms with van der Waals surface area (Å²) in [6.07, 6.45) is 0.000765. The van der Waals surface area contributed by atoms with E-state index in [1.54, 1.807) is 0 Å². The van der Waals surface area contributed by atoms with Gasteiger partial charge in [-0.1, -0.05) is 146 Å². The van der Waals surface area contributed by atoms with Crippen molar-refractivity contribution in [2.75, 3.05) is 4.90 Å². The van der Waals surface area contributed by atoms with Crippen LogP contribution in [0.2, 0.25) is 0 Å². The first-order valence-electron chi connectivity index (χ1n) is 18.7. The van der Waals surface area contributed by atoms with Crippen LogP contribution in [-0.4, -0.2) is 9.13 Å². The minimum absolute atomic E-state index is 0.0397. The van der Waals surface area contributed by atoms with Crippen molar-refractivity contribution in [1.82, 2.24) is 14.5 Å². The van der Waals surface area contributed by atoms with Crippen LogP contribution in [-0.2, 0) is 0 Å². The monoisotopic (exact) mass is 692 g/mol. The normalized spacial score (nSPS) is 15.7. The van der Waals surface area contributed by atoms with E-state index in [2.05, 4.69) is 220 Å². The lowest BCUT2D eigenvalue weighted by Crippen LogP contribution is -2.58. The van der Waals surface area contributed by atoms with Gasteiger partial charge >= 0.3 is 0 Å². The van der Waals surface area contributed by atoms with Crippen molar-refractivity contribution in [2.24, 2.45) is 0 Å². The fourth-order valence-electron chi connectivity index (χ4n) is 8.75. The standard InChI is InChI=1S/C50H36N4/c1-3-15-34(16-4-1)35-27-29-37(30-28-35)53-49(36-17-5-2-6-18-36)51-50(53)42-22-10-14-26-47(42)54-46-25-13-9-21-41(46)43-33-38(31-32-48(43)54)52-44-23-11-7-19-39(44)40-20-8-12-24-45(40)52/h1-33,49-51H. The van der Waals surface area contributed by atoms with Crippen LogP contribution in [0.25, 0.3) is 66.1 Å². The van der Waals surface area contributed by atoms with Crippen molar-refractivity contribution in [3.8, 4) is 22.5 Å². The van der Waals surface area contributed by atoms with E-state index in [0.29, 0.717) is 0 Å². The Morgan fingerprint density at radius 3 is 1.54 bits per heavy atom. The van der Waals surface area contributed by atoms with Crippen LogP contribution >= 0.6 is 0 Å². The second-order valence-electron chi connectivity index (χ2n) is 14.2. The first kappa shape index (κ1) is 30.7. The molecule has 0 spiro atoms. The Hall–Kier alpha value is -6.88. The summed E-state index contributed by atoms with van der Waals surface area (Å²) >= 11 is 0. The van der Waals surface area contributed by atoms with Gasteiger partial charge in [-0.25, -0.2) is 0 Å². The number of aromatic nitrogens is 2. The number of hydrogen-bond acceptors (Lipinski definition) is 2. The highest BCUT2D eigenvalue weighted by Gasteiger charge is 2.41. The van der Waals surface area contributed by atoms with Crippen molar-refractivity contribution in [3.05, 3.63) is 211 Å². The molecule has 1 fully saturated rings. The van der Waals surface area contributed by atoms with Gasteiger partial charge in [0.15, 0.2) is 0 Å². The predicted octanol–water partition coefficient (Wildman–Crippen LogP) is 12.4. The molecule has 1 saturated heterocycles. The van der Waals surface area contributed by atoms with E-state index < -0.39 is 0 Å². The quantitative estimate of drug-likeness (QED) is 0.188. The molecule has 1 aliphatic rings. The van der Waals surface area contributed by atoms with Crippen LogP contribution in [0.5, 0.6) is 0 Å². The molecular formula is C50H36N4. The Balaban J connectivity index is 1.06. The van der Waals surface area contributed by atoms with Gasteiger partial charge in [-0.3, -0.25) is 5.32 Å². The maximum absolute atomic E-state index is 3.98. The average Bonchev–Trinajstić information content (AvgIpc) is 3.74. The molecule has 0 saturated carbocycles. The lowest BCUT2D eigenvalue weighted by atomic mass is 9.97. The van der Waals surface area contributed by atoms with Gasteiger partial charge in [0.2, 0.25) is 0 Å². The summed E-state index contributed by atoms with van der Waals surface area (Å²) in [5.74, 6) is 0. The van der Waals surface area contributed by atoms with E-state index in [1.165, 1.54) is 77.2 Å². The Labute approximate surface area is 313 Å². The molecule has 3 heterocycles. The van der Waals surface area contributed by atoms with E-state index in [0.717, 1.165) is 5.69 Å². The Kier molecular flexibility index (Phi) is 7.04. The highest BCUT2D eigenvalue weighted by Crippen LogP contribution is 2.45. The third-order valence-corrected chi connectivity index (χ3v) is 11.2. The number of para-hydroxylation sites is 4. The molecule has 2 aromatic heterocycles. The lowest BCUT2D eigenvalue weighted by molar-refractivity contribution is 0.276. The molecule has 1 N–H and O–H groups in total. The van der Waals surface area contributed by atoms with Crippen molar-refractivity contribution in [3.63, 3.8) is 0 Å². The molecule has 8 aromatic carbocycles. The van der Waals surface area contributed by atoms with Crippen LogP contribution < -0.4 is 10.2 Å². The summed E-state index contributed by atoms with van der Waals surface area (Å²) in [4.78, 5) is 2.52. The number of nitrogens with one attached hydrogen (secondary N) is 1. The Morgan fingerprint density at radius 1 is 0.352 bits per heavy atom. The van der Waals surface area contributed by atoms with Gasteiger partial charge < -0.3 is 14.0 Å². The predicted molar refractivity (Wildman–Crippen MR) is 225 cm³/mol. The summed E-state index contributed by atoms with van der Waals surface area (Å²) in [5, 5.41) is 8.99. The number of nitrogens with zero attached hydrogens (tertiary/aromatic N) is 3. The first-order valence-corrected chi connectivity index (χ1v) is 18.7. The highest BCUT2D eigenvalue weighted by atomic mass is 15.5. The molecule has 54 heavy (non-hydrogen) atoms. The zero-order chi connectivity index (χ0) is 35.6. The zero-order valence-corrected chi connectivity index (χ0v) is 29.5. The Morgan fingerprint density at radius 2 is 0.852 bits per heavy atom.